The molecule has 0 aliphatic heterocycles. The van der Waals surface area contributed by atoms with E-state index in [-0.39, 0.29) is 0 Å². The molecule has 2 N–H and O–H groups in total. The maximum Gasteiger partial charge on any atom is 0.0998 e. The number of aromatic nitrogens is 3. The van der Waals surface area contributed by atoms with Gasteiger partial charge in [0.1, 0.15) is 0 Å². The van der Waals surface area contributed by atoms with E-state index in [0.29, 0.717) is 6.54 Å². The van der Waals surface area contributed by atoms with E-state index in [4.69, 9.17) is 5.73 Å². The molecule has 2 aromatic rings. The molecule has 17 heavy (non-hydrogen) atoms. The zero-order chi connectivity index (χ0) is 12.1. The average Bonchev–Trinajstić information content (AvgIpc) is 2.97. The van der Waals surface area contributed by atoms with Crippen molar-refractivity contribution < 1.29 is 0 Å². The number of hydrogen-bond acceptors (Lipinski definition) is 4. The first-order chi connectivity index (χ1) is 8.35. The number of nitrogens with two attached hydrogens (primary N) is 1. The van der Waals surface area contributed by atoms with Gasteiger partial charge in [-0.15, -0.1) is 16.4 Å². The van der Waals surface area contributed by atoms with E-state index in [0.717, 1.165) is 31.5 Å². The third-order valence-corrected chi connectivity index (χ3v) is 3.63. The Bertz CT molecular complexity index is 447. The SMILES string of the molecule is CCCCn1nnc(CN)c1Cc1cccs1. The Morgan fingerprint density at radius 2 is 2.35 bits per heavy atom. The molecule has 4 nitrogen and oxygen atoms in total. The number of rotatable bonds is 6. The topological polar surface area (TPSA) is 56.7 Å². The van der Waals surface area contributed by atoms with Crippen molar-refractivity contribution in [2.24, 2.45) is 5.73 Å². The Kier molecular flexibility index (Phi) is 4.28. The van der Waals surface area contributed by atoms with E-state index in [1.165, 1.54) is 10.6 Å². The molecule has 92 valence electrons. The van der Waals surface area contributed by atoms with Crippen LogP contribution in [0.4, 0.5) is 0 Å². The zero-order valence-corrected chi connectivity index (χ0v) is 10.9. The quantitative estimate of drug-likeness (QED) is 0.855. The Morgan fingerprint density at radius 3 is 3.00 bits per heavy atom. The maximum atomic E-state index is 5.71. The zero-order valence-electron chi connectivity index (χ0n) is 10.1. The molecule has 0 saturated heterocycles. The third kappa shape index (κ3) is 2.92. The molecule has 0 unspecified atom stereocenters. The van der Waals surface area contributed by atoms with Gasteiger partial charge >= 0.3 is 0 Å². The van der Waals surface area contributed by atoms with Gasteiger partial charge < -0.3 is 5.73 Å². The molecule has 2 aromatic heterocycles. The van der Waals surface area contributed by atoms with Gasteiger partial charge in [-0.25, -0.2) is 4.68 Å². The second kappa shape index (κ2) is 5.93. The summed E-state index contributed by atoms with van der Waals surface area (Å²) >= 11 is 1.76. The van der Waals surface area contributed by atoms with E-state index in [9.17, 15) is 0 Å². The summed E-state index contributed by atoms with van der Waals surface area (Å²) in [5.74, 6) is 0. The normalized spacial score (nSPS) is 10.9. The summed E-state index contributed by atoms with van der Waals surface area (Å²) in [7, 11) is 0. The molecule has 5 heteroatoms. The molecule has 0 radical (unpaired) electrons. The van der Waals surface area contributed by atoms with Crippen molar-refractivity contribution in [3.05, 3.63) is 33.8 Å². The van der Waals surface area contributed by atoms with Crippen molar-refractivity contribution in [1.29, 1.82) is 0 Å². The van der Waals surface area contributed by atoms with Gasteiger partial charge in [0.2, 0.25) is 0 Å². The molecule has 2 heterocycles. The number of hydrogen-bond donors (Lipinski definition) is 1. The lowest BCUT2D eigenvalue weighted by molar-refractivity contribution is 0.537. The van der Waals surface area contributed by atoms with Crippen LogP contribution in [0.2, 0.25) is 0 Å². The summed E-state index contributed by atoms with van der Waals surface area (Å²) < 4.78 is 2.01. The van der Waals surface area contributed by atoms with Crippen LogP contribution in [-0.2, 0) is 19.5 Å². The first-order valence-corrected chi connectivity index (χ1v) is 6.86. The molecule has 0 atom stereocenters. The molecule has 0 saturated carbocycles. The van der Waals surface area contributed by atoms with Crippen molar-refractivity contribution in [2.45, 2.75) is 39.3 Å². The Balaban J connectivity index is 2.19. The van der Waals surface area contributed by atoms with Crippen LogP contribution in [0, 0.1) is 0 Å². The van der Waals surface area contributed by atoms with Crippen molar-refractivity contribution in [1.82, 2.24) is 15.0 Å². The highest BCUT2D eigenvalue weighted by Gasteiger charge is 2.12. The van der Waals surface area contributed by atoms with Crippen LogP contribution in [0.25, 0.3) is 0 Å². The first kappa shape index (κ1) is 12.3. The molecule has 0 aromatic carbocycles. The summed E-state index contributed by atoms with van der Waals surface area (Å²) in [4.78, 5) is 1.33. The molecular weight excluding hydrogens is 232 g/mol. The molecular formula is C12H18N4S. The van der Waals surface area contributed by atoms with Gasteiger partial charge in [-0.2, -0.15) is 0 Å². The fourth-order valence-corrected chi connectivity index (χ4v) is 2.50. The summed E-state index contributed by atoms with van der Waals surface area (Å²) in [6.07, 6.45) is 3.18. The number of aryl methyl sites for hydroxylation is 1. The summed E-state index contributed by atoms with van der Waals surface area (Å²) in [5.41, 5.74) is 7.80. The van der Waals surface area contributed by atoms with Crippen LogP contribution in [0.5, 0.6) is 0 Å². The summed E-state index contributed by atoms with van der Waals surface area (Å²) in [6.45, 7) is 3.58. The van der Waals surface area contributed by atoms with Crippen molar-refractivity contribution in [3.8, 4) is 0 Å². The highest BCUT2D eigenvalue weighted by molar-refractivity contribution is 7.09. The van der Waals surface area contributed by atoms with Crippen LogP contribution in [-0.4, -0.2) is 15.0 Å². The smallest absolute Gasteiger partial charge is 0.0998 e. The molecule has 2 rings (SSSR count). The van der Waals surface area contributed by atoms with Crippen molar-refractivity contribution in [2.75, 3.05) is 0 Å². The van der Waals surface area contributed by atoms with Gasteiger partial charge in [0, 0.05) is 24.4 Å². The Labute approximate surface area is 105 Å². The summed E-state index contributed by atoms with van der Waals surface area (Å²) in [5, 5.41) is 10.5. The van der Waals surface area contributed by atoms with Gasteiger partial charge in [0.15, 0.2) is 0 Å². The molecule has 0 spiro atoms. The van der Waals surface area contributed by atoms with Crippen LogP contribution in [0.1, 0.15) is 36.0 Å². The minimum absolute atomic E-state index is 0.465. The lowest BCUT2D eigenvalue weighted by atomic mass is 10.2. The van der Waals surface area contributed by atoms with Crippen LogP contribution in [0.15, 0.2) is 17.5 Å². The van der Waals surface area contributed by atoms with Crippen molar-refractivity contribution >= 4 is 11.3 Å². The van der Waals surface area contributed by atoms with E-state index in [1.807, 2.05) is 4.68 Å². The van der Waals surface area contributed by atoms with E-state index < -0.39 is 0 Å². The number of nitrogens with zero attached hydrogens (tertiary/aromatic N) is 3. The van der Waals surface area contributed by atoms with Gasteiger partial charge in [0.25, 0.3) is 0 Å². The lowest BCUT2D eigenvalue weighted by Crippen LogP contribution is -2.08. The number of thiophene rings is 1. The molecule has 0 bridgehead atoms. The highest BCUT2D eigenvalue weighted by atomic mass is 32.1. The Morgan fingerprint density at radius 1 is 1.47 bits per heavy atom. The fourth-order valence-electron chi connectivity index (χ4n) is 1.79. The first-order valence-electron chi connectivity index (χ1n) is 5.98. The van der Waals surface area contributed by atoms with Crippen LogP contribution in [0.3, 0.4) is 0 Å². The fraction of sp³-hybridized carbons (Fsp3) is 0.500. The predicted octanol–water partition coefficient (Wildman–Crippen LogP) is 2.19. The Hall–Kier alpha value is -1.20. The van der Waals surface area contributed by atoms with Gasteiger partial charge in [-0.1, -0.05) is 24.6 Å². The van der Waals surface area contributed by atoms with Crippen LogP contribution < -0.4 is 5.73 Å². The van der Waals surface area contributed by atoms with E-state index in [2.05, 4.69) is 34.7 Å². The standard InChI is InChI=1S/C12H18N4S/c1-2-3-6-16-12(11(9-13)14-15-16)8-10-5-4-7-17-10/h4-5,7H,2-3,6,8-9,13H2,1H3. The van der Waals surface area contributed by atoms with E-state index in [1.54, 1.807) is 11.3 Å². The second-order valence-corrected chi connectivity index (χ2v) is 5.05. The van der Waals surface area contributed by atoms with Gasteiger partial charge in [0.05, 0.1) is 11.4 Å². The largest absolute Gasteiger partial charge is 0.325 e. The minimum Gasteiger partial charge on any atom is -0.325 e. The monoisotopic (exact) mass is 250 g/mol. The van der Waals surface area contributed by atoms with Gasteiger partial charge in [-0.3, -0.25) is 0 Å². The van der Waals surface area contributed by atoms with E-state index >= 15 is 0 Å². The molecule has 0 amide bonds. The molecule has 0 aliphatic carbocycles. The molecule has 0 fully saturated rings. The molecule has 0 aliphatic rings. The minimum atomic E-state index is 0.465. The summed E-state index contributed by atoms with van der Waals surface area (Å²) in [6, 6.07) is 4.21. The van der Waals surface area contributed by atoms with Crippen LogP contribution >= 0.6 is 11.3 Å². The third-order valence-electron chi connectivity index (χ3n) is 2.76. The predicted molar refractivity (Wildman–Crippen MR) is 69.9 cm³/mol. The van der Waals surface area contributed by atoms with Crippen molar-refractivity contribution in [3.63, 3.8) is 0 Å². The average molecular weight is 250 g/mol. The lowest BCUT2D eigenvalue weighted by Gasteiger charge is -2.05. The highest BCUT2D eigenvalue weighted by Crippen LogP contribution is 2.17. The maximum absolute atomic E-state index is 5.71. The second-order valence-electron chi connectivity index (χ2n) is 4.02. The number of unbranched alkanes of at least 4 members (excludes halogenated alkanes) is 1. The van der Waals surface area contributed by atoms with Gasteiger partial charge in [-0.05, 0) is 17.9 Å².